The molecule has 0 aromatic carbocycles. The molecule has 0 saturated carbocycles. The van der Waals surface area contributed by atoms with E-state index < -0.39 is 16.4 Å². The normalized spacial score (nSPS) is 7.55. The fraction of sp³-hybridized carbons (Fsp3) is 0.500. The molecule has 0 bridgehead atoms. The number of carbonyl (C=O) groups excluding carboxylic acids is 1. The molecule has 0 fully saturated rings. The first-order chi connectivity index (χ1) is 3.73. The molecule has 0 N–H and O–H groups in total. The third kappa shape index (κ3) is 418. The van der Waals surface area contributed by atoms with Crippen LogP contribution in [-0.4, -0.2) is 61.2 Å². The monoisotopic (exact) mass is 218 g/mol. The topological polar surface area (TPSA) is 120 Å². The fourth-order valence-electron chi connectivity index (χ4n) is 0. The van der Waals surface area contributed by atoms with E-state index in [2.05, 4.69) is 0 Å². The van der Waals surface area contributed by atoms with Gasteiger partial charge in [-0.2, -0.15) is 0 Å². The number of carbonyl (C=O) groups is 1. The quantitative estimate of drug-likeness (QED) is 0.227. The van der Waals surface area contributed by atoms with E-state index in [0.717, 1.165) is 6.92 Å². The Morgan fingerprint density at radius 3 is 1.27 bits per heavy atom. The molecule has 0 atom stereocenters. The molecule has 0 aromatic heterocycles. The second-order valence-electron chi connectivity index (χ2n) is 0.900. The van der Waals surface area contributed by atoms with Crippen LogP contribution in [0, 0.1) is 0 Å². The van der Waals surface area contributed by atoms with Gasteiger partial charge in [-0.15, -0.1) is 0 Å². The van der Waals surface area contributed by atoms with E-state index in [-0.39, 0.29) is 67.3 Å². The average Bonchev–Trinajstić information content (AvgIpc) is 1.19. The standard InChI is InChI=1S/C2H4O2.Ca.Na.H2O4S/c1-2(3)4;;;1-5(2,3)4/h1H3,(H,3,4);;;(H2,1,2,3,4)/q;+2;+1;/p-3. The minimum Gasteiger partial charge on any atom is -0.759 e. The fourth-order valence-corrected chi connectivity index (χ4v) is 0. The van der Waals surface area contributed by atoms with Crippen LogP contribution in [0.25, 0.3) is 0 Å². The first-order valence-corrected chi connectivity index (χ1v) is 2.91. The van der Waals surface area contributed by atoms with Crippen molar-refractivity contribution < 1.29 is 57.0 Å². The van der Waals surface area contributed by atoms with Crippen LogP contribution in [0.1, 0.15) is 6.92 Å². The summed E-state index contributed by atoms with van der Waals surface area (Å²) >= 11 is 0. The van der Waals surface area contributed by atoms with Gasteiger partial charge in [0.25, 0.3) is 0 Å². The molecule has 0 saturated heterocycles. The van der Waals surface area contributed by atoms with Crippen LogP contribution in [-0.2, 0) is 15.2 Å². The molecule has 0 heterocycles. The molecule has 0 aromatic rings. The minimum absolute atomic E-state index is 0. The minimum atomic E-state index is -5.17. The summed E-state index contributed by atoms with van der Waals surface area (Å²) in [6.07, 6.45) is 0. The van der Waals surface area contributed by atoms with Crippen LogP contribution in [0.4, 0.5) is 0 Å². The van der Waals surface area contributed by atoms with Crippen molar-refractivity contribution in [2.24, 2.45) is 0 Å². The van der Waals surface area contributed by atoms with Crippen molar-refractivity contribution in [3.8, 4) is 0 Å². The van der Waals surface area contributed by atoms with E-state index in [9.17, 15) is 0 Å². The van der Waals surface area contributed by atoms with Crippen LogP contribution in [0.5, 0.6) is 0 Å². The Labute approximate surface area is 116 Å². The van der Waals surface area contributed by atoms with Crippen LogP contribution in [0.3, 0.4) is 0 Å². The Morgan fingerprint density at radius 2 is 1.27 bits per heavy atom. The molecule has 0 aliphatic rings. The number of hydrogen-bond donors (Lipinski definition) is 0. The third-order valence-electron chi connectivity index (χ3n) is 0. The molecule has 0 rings (SSSR count). The first-order valence-electron chi connectivity index (χ1n) is 1.57. The first kappa shape index (κ1) is 22.9. The molecule has 11 heavy (non-hydrogen) atoms. The van der Waals surface area contributed by atoms with Crippen molar-refractivity contribution in [3.63, 3.8) is 0 Å². The summed E-state index contributed by atoms with van der Waals surface area (Å²) in [5.74, 6) is -1.08. The number of hydrogen-bond acceptors (Lipinski definition) is 6. The largest absolute Gasteiger partial charge is 2.00 e. The summed E-state index contributed by atoms with van der Waals surface area (Å²) in [4.78, 5) is 8.89. The van der Waals surface area contributed by atoms with Crippen LogP contribution >= 0.6 is 0 Å². The average molecular weight is 218 g/mol. The Bertz CT molecular complexity index is 163. The molecule has 56 valence electrons. The predicted molar refractivity (Wildman–Crippen MR) is 26.9 cm³/mol. The van der Waals surface area contributed by atoms with Gasteiger partial charge < -0.3 is 19.0 Å². The Kier molecular flexibility index (Phi) is 24.2. The van der Waals surface area contributed by atoms with Crippen molar-refractivity contribution >= 4 is 54.1 Å². The number of aliphatic carboxylic acids is 1. The van der Waals surface area contributed by atoms with Gasteiger partial charge >= 0.3 is 67.3 Å². The van der Waals surface area contributed by atoms with Crippen LogP contribution < -0.4 is 34.7 Å². The van der Waals surface area contributed by atoms with Crippen molar-refractivity contribution in [1.82, 2.24) is 0 Å². The molecular weight excluding hydrogens is 215 g/mol. The SMILES string of the molecule is CC(=O)[O-].O=S(=O)([O-])[O-].[Ca+2].[Na+]. The molecular formula is C2H3CaNaO6S. The molecule has 0 aliphatic heterocycles. The van der Waals surface area contributed by atoms with Crippen molar-refractivity contribution in [2.45, 2.75) is 6.92 Å². The Hall–Kier alpha value is 1.60. The van der Waals surface area contributed by atoms with Crippen molar-refractivity contribution in [1.29, 1.82) is 0 Å². The molecule has 0 amide bonds. The van der Waals surface area contributed by atoms with Gasteiger partial charge in [0.1, 0.15) is 0 Å². The predicted octanol–water partition coefficient (Wildman–Crippen LogP) is -5.96. The van der Waals surface area contributed by atoms with Gasteiger partial charge in [-0.25, -0.2) is 0 Å². The summed E-state index contributed by atoms with van der Waals surface area (Å²) < 4.78 is 34.1. The van der Waals surface area contributed by atoms with Gasteiger partial charge in [0.15, 0.2) is 0 Å². The van der Waals surface area contributed by atoms with Crippen LogP contribution in [0.15, 0.2) is 0 Å². The molecule has 0 aliphatic carbocycles. The molecule has 0 unspecified atom stereocenters. The van der Waals surface area contributed by atoms with E-state index in [1.54, 1.807) is 0 Å². The summed E-state index contributed by atoms with van der Waals surface area (Å²) in [6.45, 7) is 0.972. The number of carboxylic acids is 1. The van der Waals surface area contributed by atoms with Crippen molar-refractivity contribution in [2.75, 3.05) is 0 Å². The maximum Gasteiger partial charge on any atom is 2.00 e. The molecule has 9 heteroatoms. The van der Waals surface area contributed by atoms with Crippen LogP contribution in [0.2, 0.25) is 0 Å². The molecule has 6 nitrogen and oxygen atoms in total. The second kappa shape index (κ2) is 11.6. The Morgan fingerprint density at radius 1 is 1.27 bits per heavy atom. The van der Waals surface area contributed by atoms with Crippen molar-refractivity contribution in [3.05, 3.63) is 0 Å². The third-order valence-corrected chi connectivity index (χ3v) is 0. The summed E-state index contributed by atoms with van der Waals surface area (Å²) in [5.41, 5.74) is 0. The van der Waals surface area contributed by atoms with E-state index in [4.69, 9.17) is 27.4 Å². The van der Waals surface area contributed by atoms with E-state index in [1.807, 2.05) is 0 Å². The zero-order chi connectivity index (χ0) is 8.08. The smallest absolute Gasteiger partial charge is 0.759 e. The second-order valence-corrected chi connectivity index (χ2v) is 1.72. The number of carboxylic acid groups (broad SMARTS) is 1. The van der Waals surface area contributed by atoms with Gasteiger partial charge in [0.2, 0.25) is 0 Å². The zero-order valence-electron chi connectivity index (χ0n) is 6.06. The van der Waals surface area contributed by atoms with Gasteiger partial charge in [-0.3, -0.25) is 8.42 Å². The maximum absolute atomic E-state index is 8.89. The van der Waals surface area contributed by atoms with Gasteiger partial charge in [-0.1, -0.05) is 0 Å². The molecule has 0 radical (unpaired) electrons. The Balaban J connectivity index is -0.0000000383. The zero-order valence-corrected chi connectivity index (χ0v) is 11.1. The number of rotatable bonds is 0. The van der Waals surface area contributed by atoms with E-state index in [1.165, 1.54) is 0 Å². The summed E-state index contributed by atoms with van der Waals surface area (Å²) in [6, 6.07) is 0. The summed E-state index contributed by atoms with van der Waals surface area (Å²) in [5, 5.41) is 8.89. The van der Waals surface area contributed by atoms with Gasteiger partial charge in [-0.05, 0) is 6.92 Å². The summed E-state index contributed by atoms with van der Waals surface area (Å²) in [7, 11) is -5.17. The van der Waals surface area contributed by atoms with Gasteiger partial charge in [0.05, 0.1) is 0 Å². The van der Waals surface area contributed by atoms with E-state index >= 15 is 0 Å². The molecule has 0 spiro atoms. The van der Waals surface area contributed by atoms with E-state index in [0.29, 0.717) is 0 Å². The van der Waals surface area contributed by atoms with Gasteiger partial charge in [0, 0.05) is 16.4 Å². The maximum atomic E-state index is 8.89.